The maximum atomic E-state index is 12.7. The zero-order valence-corrected chi connectivity index (χ0v) is 18.1. The van der Waals surface area contributed by atoms with Crippen LogP contribution in [0.25, 0.3) is 0 Å². The molecule has 1 atom stereocenters. The molecule has 6 N–H and O–H groups in total. The standard InChI is InChI=1S/C20H29N5O3S/c1-5-25-18(28)14(10-23-13-8-6-12(7-9-13)16(22)26)29-19(25)15(21)17(27)24-11-20(2,3)4/h6-9,14,23H,5,10-11,21H2,1-4H3,(H2,22,26)(H,24,27)/b19-15+/t14-/m1/s1. The third-order valence-corrected chi connectivity index (χ3v) is 5.59. The van der Waals surface area contributed by atoms with E-state index in [1.165, 1.54) is 11.8 Å². The van der Waals surface area contributed by atoms with Gasteiger partial charge in [-0.05, 0) is 36.6 Å². The van der Waals surface area contributed by atoms with Crippen LogP contribution in [0.4, 0.5) is 5.69 Å². The van der Waals surface area contributed by atoms with Crippen LogP contribution in [0.1, 0.15) is 38.1 Å². The van der Waals surface area contributed by atoms with Gasteiger partial charge in [0.15, 0.2) is 0 Å². The Kier molecular flexibility index (Phi) is 7.18. The molecular weight excluding hydrogens is 390 g/mol. The van der Waals surface area contributed by atoms with Gasteiger partial charge in [-0.1, -0.05) is 32.5 Å². The molecular formula is C20H29N5O3S. The van der Waals surface area contributed by atoms with E-state index in [0.29, 0.717) is 30.2 Å². The molecule has 0 bridgehead atoms. The Balaban J connectivity index is 2.07. The van der Waals surface area contributed by atoms with E-state index in [-0.39, 0.29) is 22.9 Å². The summed E-state index contributed by atoms with van der Waals surface area (Å²) in [6.07, 6.45) is 0. The Morgan fingerprint density at radius 2 is 1.79 bits per heavy atom. The first-order valence-electron chi connectivity index (χ1n) is 9.43. The normalized spacial score (nSPS) is 18.6. The summed E-state index contributed by atoms with van der Waals surface area (Å²) in [5, 5.41) is 6.07. The van der Waals surface area contributed by atoms with Crippen molar-refractivity contribution in [2.45, 2.75) is 32.9 Å². The Hall–Kier alpha value is -2.68. The third kappa shape index (κ3) is 5.90. The number of nitrogens with two attached hydrogens (primary N) is 2. The summed E-state index contributed by atoms with van der Waals surface area (Å²) in [7, 11) is 0. The molecule has 158 valence electrons. The Morgan fingerprint density at radius 3 is 2.31 bits per heavy atom. The summed E-state index contributed by atoms with van der Waals surface area (Å²) in [6, 6.07) is 6.70. The predicted octanol–water partition coefficient (Wildman–Crippen LogP) is 1.45. The van der Waals surface area contributed by atoms with Crippen LogP contribution in [-0.2, 0) is 9.59 Å². The molecule has 0 aliphatic carbocycles. The van der Waals surface area contributed by atoms with E-state index in [1.807, 2.05) is 27.7 Å². The topological polar surface area (TPSA) is 131 Å². The van der Waals surface area contributed by atoms with E-state index < -0.39 is 11.2 Å². The molecule has 2 rings (SSSR count). The second-order valence-corrected chi connectivity index (χ2v) is 9.17. The number of hydrogen-bond donors (Lipinski definition) is 4. The molecule has 0 aromatic heterocycles. The van der Waals surface area contributed by atoms with Crippen molar-refractivity contribution in [3.8, 4) is 0 Å². The van der Waals surface area contributed by atoms with Crippen molar-refractivity contribution >= 4 is 35.2 Å². The molecule has 1 fully saturated rings. The van der Waals surface area contributed by atoms with E-state index >= 15 is 0 Å². The number of carbonyl (C=O) groups excluding carboxylic acids is 3. The molecule has 1 aliphatic rings. The first-order valence-corrected chi connectivity index (χ1v) is 10.3. The van der Waals surface area contributed by atoms with Gasteiger partial charge in [-0.2, -0.15) is 0 Å². The lowest BCUT2D eigenvalue weighted by Gasteiger charge is -2.20. The zero-order valence-electron chi connectivity index (χ0n) is 17.2. The van der Waals surface area contributed by atoms with Gasteiger partial charge in [-0.25, -0.2) is 0 Å². The summed E-state index contributed by atoms with van der Waals surface area (Å²) >= 11 is 1.28. The Labute approximate surface area is 175 Å². The number of rotatable bonds is 7. The minimum atomic E-state index is -0.494. The van der Waals surface area contributed by atoms with Crippen LogP contribution in [0, 0.1) is 5.41 Å². The highest BCUT2D eigenvalue weighted by Crippen LogP contribution is 2.36. The molecule has 8 nitrogen and oxygen atoms in total. The lowest BCUT2D eigenvalue weighted by molar-refractivity contribution is -0.127. The van der Waals surface area contributed by atoms with Crippen LogP contribution in [0.15, 0.2) is 35.0 Å². The molecule has 1 aromatic carbocycles. The van der Waals surface area contributed by atoms with Gasteiger partial charge in [0.05, 0.1) is 0 Å². The number of hydrogen-bond acceptors (Lipinski definition) is 6. The molecule has 1 saturated heterocycles. The molecule has 1 aliphatic heterocycles. The monoisotopic (exact) mass is 419 g/mol. The number of nitrogens with one attached hydrogen (secondary N) is 2. The summed E-state index contributed by atoms with van der Waals surface area (Å²) in [4.78, 5) is 37.8. The molecule has 3 amide bonds. The first-order chi connectivity index (χ1) is 13.5. The number of anilines is 1. The average Bonchev–Trinajstić information content (AvgIpc) is 2.99. The van der Waals surface area contributed by atoms with Crippen molar-refractivity contribution < 1.29 is 14.4 Å². The third-order valence-electron chi connectivity index (χ3n) is 4.27. The van der Waals surface area contributed by atoms with Crippen LogP contribution >= 0.6 is 11.8 Å². The molecule has 0 saturated carbocycles. The highest BCUT2D eigenvalue weighted by atomic mass is 32.2. The van der Waals surface area contributed by atoms with Crippen molar-refractivity contribution in [2.24, 2.45) is 16.9 Å². The number of primary amides is 1. The number of benzene rings is 1. The number of nitrogens with zero attached hydrogens (tertiary/aromatic N) is 1. The highest BCUT2D eigenvalue weighted by molar-refractivity contribution is 8.04. The van der Waals surface area contributed by atoms with Crippen LogP contribution in [0.3, 0.4) is 0 Å². The summed E-state index contributed by atoms with van der Waals surface area (Å²) in [5.41, 5.74) is 12.5. The fraction of sp³-hybridized carbons (Fsp3) is 0.450. The van der Waals surface area contributed by atoms with Gasteiger partial charge in [-0.15, -0.1) is 0 Å². The highest BCUT2D eigenvalue weighted by Gasteiger charge is 2.38. The van der Waals surface area contributed by atoms with Crippen LogP contribution in [0.2, 0.25) is 0 Å². The summed E-state index contributed by atoms with van der Waals surface area (Å²) in [5.74, 6) is -0.962. The Bertz CT molecular complexity index is 814. The summed E-state index contributed by atoms with van der Waals surface area (Å²) in [6.45, 7) is 9.16. The van der Waals surface area contributed by atoms with Gasteiger partial charge in [0, 0.05) is 30.9 Å². The predicted molar refractivity (Wildman–Crippen MR) is 116 cm³/mol. The van der Waals surface area contributed by atoms with E-state index in [0.717, 1.165) is 5.69 Å². The molecule has 1 aromatic rings. The van der Waals surface area contributed by atoms with Gasteiger partial charge < -0.3 is 27.0 Å². The minimum Gasteiger partial charge on any atom is -0.392 e. The number of thioether (sulfide) groups is 1. The average molecular weight is 420 g/mol. The van der Waals surface area contributed by atoms with E-state index in [2.05, 4.69) is 10.6 Å². The second-order valence-electron chi connectivity index (χ2n) is 7.97. The van der Waals surface area contributed by atoms with Gasteiger partial charge >= 0.3 is 0 Å². The Morgan fingerprint density at radius 1 is 1.17 bits per heavy atom. The van der Waals surface area contributed by atoms with Crippen LogP contribution in [0.5, 0.6) is 0 Å². The van der Waals surface area contributed by atoms with Crippen LogP contribution in [-0.4, -0.2) is 47.5 Å². The molecule has 0 radical (unpaired) electrons. The van der Waals surface area contributed by atoms with E-state index in [9.17, 15) is 14.4 Å². The summed E-state index contributed by atoms with van der Waals surface area (Å²) < 4.78 is 0. The van der Waals surface area contributed by atoms with Gasteiger partial charge in [0.25, 0.3) is 5.91 Å². The lowest BCUT2D eigenvalue weighted by Crippen LogP contribution is -2.37. The fourth-order valence-corrected chi connectivity index (χ4v) is 3.89. The molecule has 1 heterocycles. The van der Waals surface area contributed by atoms with Crippen molar-refractivity contribution in [3.05, 3.63) is 40.6 Å². The zero-order chi connectivity index (χ0) is 21.8. The first kappa shape index (κ1) is 22.6. The van der Waals surface area contributed by atoms with Crippen molar-refractivity contribution in [1.29, 1.82) is 0 Å². The quantitative estimate of drug-likeness (QED) is 0.495. The molecule has 0 spiro atoms. The molecule has 0 unspecified atom stereocenters. The van der Waals surface area contributed by atoms with E-state index in [1.54, 1.807) is 29.2 Å². The van der Waals surface area contributed by atoms with Gasteiger partial charge in [0.2, 0.25) is 11.8 Å². The molecule has 9 heteroatoms. The van der Waals surface area contributed by atoms with Gasteiger partial charge in [-0.3, -0.25) is 14.4 Å². The van der Waals surface area contributed by atoms with Crippen molar-refractivity contribution in [3.63, 3.8) is 0 Å². The smallest absolute Gasteiger partial charge is 0.269 e. The van der Waals surface area contributed by atoms with Crippen molar-refractivity contribution in [2.75, 3.05) is 25.0 Å². The SMILES string of the molecule is CCN1C(=O)[C@@H](CNc2ccc(C(N)=O)cc2)S/C1=C(/N)C(=O)NCC(C)(C)C. The number of carbonyl (C=O) groups is 3. The maximum Gasteiger partial charge on any atom is 0.269 e. The maximum absolute atomic E-state index is 12.7. The van der Waals surface area contributed by atoms with Gasteiger partial charge in [0.1, 0.15) is 16.0 Å². The minimum absolute atomic E-state index is 0.0581. The van der Waals surface area contributed by atoms with Crippen LogP contribution < -0.4 is 22.1 Å². The second kappa shape index (κ2) is 9.21. The largest absolute Gasteiger partial charge is 0.392 e. The van der Waals surface area contributed by atoms with E-state index in [4.69, 9.17) is 11.5 Å². The lowest BCUT2D eigenvalue weighted by atomic mass is 9.97. The molecule has 29 heavy (non-hydrogen) atoms. The van der Waals surface area contributed by atoms with Crippen molar-refractivity contribution in [1.82, 2.24) is 10.2 Å². The fourth-order valence-electron chi connectivity index (χ4n) is 2.66. The number of amides is 3.